The molecule has 1 N–H and O–H groups in total. The number of hydrogen-bond donors (Lipinski definition) is 1. The first-order chi connectivity index (χ1) is 15.3. The summed E-state index contributed by atoms with van der Waals surface area (Å²) in [7, 11) is -3.37. The molecule has 5 nitrogen and oxygen atoms in total. The van der Waals surface area contributed by atoms with Crippen molar-refractivity contribution in [3.63, 3.8) is 0 Å². The number of likely N-dealkylation sites (tertiary alicyclic amines) is 1. The maximum absolute atomic E-state index is 12.5. The Kier molecular flexibility index (Phi) is 7.15. The van der Waals surface area contributed by atoms with Crippen LogP contribution >= 0.6 is 11.6 Å². The predicted molar refractivity (Wildman–Crippen MR) is 131 cm³/mol. The van der Waals surface area contributed by atoms with Gasteiger partial charge in [0.25, 0.3) is 0 Å². The lowest BCUT2D eigenvalue weighted by molar-refractivity contribution is -0.00565. The van der Waals surface area contributed by atoms with Crippen molar-refractivity contribution in [3.8, 4) is 0 Å². The molecular weight excluding hydrogens is 444 g/mol. The van der Waals surface area contributed by atoms with Crippen LogP contribution in [0, 0.1) is 5.92 Å². The molecule has 2 unspecified atom stereocenters. The summed E-state index contributed by atoms with van der Waals surface area (Å²) in [4.78, 5) is 2.31. The standard InChI is InChI=1S/C25H33ClN2O3S/c1-32(30,31)28(21-10-3-2-4-11-21)18-20-9-7-16-27(17-20)19-24(29)25(14-8-15-25)22-12-5-6-13-23(22)26/h2-6,10-13,20,24,29H,7-9,14-19H2,1H3. The third-order valence-electron chi connectivity index (χ3n) is 7.20. The van der Waals surface area contributed by atoms with Gasteiger partial charge in [-0.3, -0.25) is 4.31 Å². The Morgan fingerprint density at radius 1 is 1.12 bits per heavy atom. The summed E-state index contributed by atoms with van der Waals surface area (Å²) in [6, 6.07) is 17.2. The van der Waals surface area contributed by atoms with E-state index in [0.717, 1.165) is 55.8 Å². The van der Waals surface area contributed by atoms with E-state index >= 15 is 0 Å². The van der Waals surface area contributed by atoms with E-state index in [4.69, 9.17) is 11.6 Å². The molecule has 0 aromatic heterocycles. The first kappa shape index (κ1) is 23.6. The van der Waals surface area contributed by atoms with Gasteiger partial charge in [-0.15, -0.1) is 0 Å². The molecule has 0 radical (unpaired) electrons. The Morgan fingerprint density at radius 2 is 1.81 bits per heavy atom. The zero-order valence-electron chi connectivity index (χ0n) is 18.7. The van der Waals surface area contributed by atoms with Gasteiger partial charge in [-0.05, 0) is 61.9 Å². The van der Waals surface area contributed by atoms with Gasteiger partial charge in [0.1, 0.15) is 0 Å². The van der Waals surface area contributed by atoms with Gasteiger partial charge in [-0.25, -0.2) is 8.42 Å². The van der Waals surface area contributed by atoms with Crippen LogP contribution in [0.1, 0.15) is 37.7 Å². The van der Waals surface area contributed by atoms with E-state index in [1.807, 2.05) is 54.6 Å². The number of β-amino-alcohol motifs (C(OH)–C–C–N with tert-alkyl or cyclic N) is 1. The quantitative estimate of drug-likeness (QED) is 0.617. The molecule has 0 bridgehead atoms. The number of aliphatic hydroxyl groups is 1. The Morgan fingerprint density at radius 3 is 2.44 bits per heavy atom. The Hall–Kier alpha value is -1.60. The van der Waals surface area contributed by atoms with Crippen molar-refractivity contribution < 1.29 is 13.5 Å². The van der Waals surface area contributed by atoms with Crippen molar-refractivity contribution in [1.82, 2.24) is 4.90 Å². The largest absolute Gasteiger partial charge is 0.391 e. The van der Waals surface area contributed by atoms with Crippen LogP contribution in [-0.2, 0) is 15.4 Å². The van der Waals surface area contributed by atoms with Crippen LogP contribution in [0.25, 0.3) is 0 Å². The zero-order valence-corrected chi connectivity index (χ0v) is 20.2. The lowest BCUT2D eigenvalue weighted by Crippen LogP contribution is -2.53. The molecule has 2 atom stereocenters. The van der Waals surface area contributed by atoms with Gasteiger partial charge >= 0.3 is 0 Å². The van der Waals surface area contributed by atoms with Gasteiger partial charge in [0, 0.05) is 30.1 Å². The number of piperidine rings is 1. The third-order valence-corrected chi connectivity index (χ3v) is 8.69. The molecule has 4 rings (SSSR count). The second kappa shape index (κ2) is 9.72. The Bertz CT molecular complexity index is 1010. The Balaban J connectivity index is 1.44. The van der Waals surface area contributed by atoms with Gasteiger partial charge in [0.05, 0.1) is 18.0 Å². The van der Waals surface area contributed by atoms with Crippen molar-refractivity contribution in [2.45, 2.75) is 43.6 Å². The van der Waals surface area contributed by atoms with Crippen molar-refractivity contribution in [2.75, 3.05) is 36.7 Å². The van der Waals surface area contributed by atoms with Crippen LogP contribution < -0.4 is 4.31 Å². The normalized spacial score (nSPS) is 22.2. The Labute approximate surface area is 197 Å². The fraction of sp³-hybridized carbons (Fsp3) is 0.520. The summed E-state index contributed by atoms with van der Waals surface area (Å²) >= 11 is 6.50. The van der Waals surface area contributed by atoms with Gasteiger partial charge in [-0.1, -0.05) is 54.4 Å². The summed E-state index contributed by atoms with van der Waals surface area (Å²) in [5.41, 5.74) is 1.49. The smallest absolute Gasteiger partial charge is 0.232 e. The highest BCUT2D eigenvalue weighted by Gasteiger charge is 2.46. The molecule has 1 aliphatic heterocycles. The number of rotatable bonds is 8. The predicted octanol–water partition coefficient (Wildman–Crippen LogP) is 4.30. The van der Waals surface area contributed by atoms with Crippen LogP contribution in [0.5, 0.6) is 0 Å². The number of aliphatic hydroxyl groups excluding tert-OH is 1. The summed E-state index contributed by atoms with van der Waals surface area (Å²) in [5, 5.41) is 12.0. The lowest BCUT2D eigenvalue weighted by Gasteiger charge is -2.48. The van der Waals surface area contributed by atoms with E-state index in [9.17, 15) is 13.5 Å². The molecule has 0 amide bonds. The first-order valence-corrected chi connectivity index (χ1v) is 13.7. The van der Waals surface area contributed by atoms with E-state index < -0.39 is 16.1 Å². The highest BCUT2D eigenvalue weighted by molar-refractivity contribution is 7.92. The fourth-order valence-electron chi connectivity index (χ4n) is 5.35. The number of benzene rings is 2. The fourth-order valence-corrected chi connectivity index (χ4v) is 6.66. The van der Waals surface area contributed by atoms with Crippen molar-refractivity contribution >= 4 is 27.3 Å². The molecule has 7 heteroatoms. The molecule has 1 saturated carbocycles. The van der Waals surface area contributed by atoms with Gasteiger partial charge in [-0.2, -0.15) is 0 Å². The van der Waals surface area contributed by atoms with E-state index in [-0.39, 0.29) is 11.3 Å². The van der Waals surface area contributed by atoms with Gasteiger partial charge < -0.3 is 10.0 Å². The maximum atomic E-state index is 12.5. The molecule has 2 aliphatic rings. The van der Waals surface area contributed by atoms with Gasteiger partial charge in [0.2, 0.25) is 10.0 Å². The average molecular weight is 477 g/mol. The second-order valence-corrected chi connectivity index (χ2v) is 11.7. The van der Waals surface area contributed by atoms with Crippen molar-refractivity contribution in [2.24, 2.45) is 5.92 Å². The molecule has 174 valence electrons. The van der Waals surface area contributed by atoms with Crippen LogP contribution in [-0.4, -0.2) is 57.0 Å². The molecule has 1 heterocycles. The summed E-state index contributed by atoms with van der Waals surface area (Å²) in [6.07, 6.45) is 5.77. The van der Waals surface area contributed by atoms with Crippen LogP contribution in [0.4, 0.5) is 5.69 Å². The van der Waals surface area contributed by atoms with Crippen LogP contribution in [0.3, 0.4) is 0 Å². The summed E-state index contributed by atoms with van der Waals surface area (Å²) in [5.74, 6) is 0.225. The number of sulfonamides is 1. The minimum atomic E-state index is -3.37. The number of hydrogen-bond acceptors (Lipinski definition) is 4. The molecule has 32 heavy (non-hydrogen) atoms. The molecule has 1 saturated heterocycles. The molecule has 2 fully saturated rings. The number of anilines is 1. The SMILES string of the molecule is CS(=O)(=O)N(CC1CCCN(CC(O)C2(c3ccccc3Cl)CCC2)C1)c1ccccc1. The number of para-hydroxylation sites is 1. The van der Waals surface area contributed by atoms with Gasteiger partial charge in [0.15, 0.2) is 0 Å². The monoisotopic (exact) mass is 476 g/mol. The highest BCUT2D eigenvalue weighted by Crippen LogP contribution is 2.49. The second-order valence-electron chi connectivity index (χ2n) is 9.40. The molecule has 2 aromatic carbocycles. The van der Waals surface area contributed by atoms with Crippen molar-refractivity contribution in [1.29, 1.82) is 0 Å². The van der Waals surface area contributed by atoms with Crippen LogP contribution in [0.2, 0.25) is 5.02 Å². The molecular formula is C25H33ClN2O3S. The maximum Gasteiger partial charge on any atom is 0.232 e. The topological polar surface area (TPSA) is 60.9 Å². The number of nitrogens with zero attached hydrogens (tertiary/aromatic N) is 2. The first-order valence-electron chi connectivity index (χ1n) is 11.5. The van der Waals surface area contributed by atoms with Crippen LogP contribution in [0.15, 0.2) is 54.6 Å². The highest BCUT2D eigenvalue weighted by atomic mass is 35.5. The summed E-state index contributed by atoms with van der Waals surface area (Å²) < 4.78 is 26.5. The zero-order chi connectivity index (χ0) is 22.8. The minimum Gasteiger partial charge on any atom is -0.391 e. The molecule has 1 aliphatic carbocycles. The van der Waals surface area contributed by atoms with E-state index in [0.29, 0.717) is 18.8 Å². The minimum absolute atomic E-state index is 0.225. The van der Waals surface area contributed by atoms with E-state index in [1.54, 1.807) is 0 Å². The van der Waals surface area contributed by atoms with Crippen molar-refractivity contribution in [3.05, 3.63) is 65.2 Å². The van der Waals surface area contributed by atoms with E-state index in [2.05, 4.69) is 4.90 Å². The molecule has 0 spiro atoms. The summed E-state index contributed by atoms with van der Waals surface area (Å²) in [6.45, 7) is 2.77. The molecule has 2 aromatic rings. The third kappa shape index (κ3) is 4.98. The number of halogens is 1. The average Bonchev–Trinajstić information content (AvgIpc) is 2.73. The lowest BCUT2D eigenvalue weighted by atomic mass is 9.61. The van der Waals surface area contributed by atoms with E-state index in [1.165, 1.54) is 10.6 Å².